The molecule has 4 aliphatic rings. The van der Waals surface area contributed by atoms with Crippen molar-refractivity contribution < 1.29 is 0 Å². The van der Waals surface area contributed by atoms with Crippen molar-refractivity contribution in [2.24, 2.45) is 23.2 Å². The van der Waals surface area contributed by atoms with Gasteiger partial charge in [-0.3, -0.25) is 0 Å². The van der Waals surface area contributed by atoms with Crippen LogP contribution in [0, 0.1) is 46.8 Å². The van der Waals surface area contributed by atoms with Crippen molar-refractivity contribution in [2.75, 3.05) is 6.54 Å². The Morgan fingerprint density at radius 1 is 1.17 bits per heavy atom. The molecule has 18 heavy (non-hydrogen) atoms. The predicted octanol–water partition coefficient (Wildman–Crippen LogP) is 2.71. The zero-order chi connectivity index (χ0) is 12.6. The molecule has 4 bridgehead atoms. The van der Waals surface area contributed by atoms with Crippen LogP contribution in [-0.2, 0) is 0 Å². The van der Waals surface area contributed by atoms with E-state index in [-0.39, 0.29) is 0 Å². The highest BCUT2D eigenvalue weighted by Gasteiger charge is 2.53. The third-order valence-electron chi connectivity index (χ3n) is 5.57. The van der Waals surface area contributed by atoms with E-state index < -0.39 is 0 Å². The summed E-state index contributed by atoms with van der Waals surface area (Å²) in [4.78, 5) is 0. The quantitative estimate of drug-likeness (QED) is 0.769. The first-order valence-corrected chi connectivity index (χ1v) is 7.29. The molecule has 1 N–H and O–H groups in total. The summed E-state index contributed by atoms with van der Waals surface area (Å²) >= 11 is 0. The molecule has 0 radical (unpaired) electrons. The largest absolute Gasteiger partial charge is 0.302 e. The van der Waals surface area contributed by atoms with Crippen LogP contribution in [-0.4, -0.2) is 12.6 Å². The van der Waals surface area contributed by atoms with E-state index in [2.05, 4.69) is 17.3 Å². The second kappa shape index (κ2) is 4.60. The van der Waals surface area contributed by atoms with Crippen molar-refractivity contribution >= 4 is 0 Å². The Morgan fingerprint density at radius 3 is 2.17 bits per heavy atom. The van der Waals surface area contributed by atoms with Gasteiger partial charge in [-0.15, -0.1) is 6.42 Å². The standard InChI is InChI=1S/C16H22N2/c1-2-5-18-15(3-4-17)16-9-12-6-13(10-16)8-14(7-12)11-16/h1,12-15,18H,3,5-11H2. The van der Waals surface area contributed by atoms with Gasteiger partial charge >= 0.3 is 0 Å². The fourth-order valence-electron chi connectivity index (χ4n) is 5.38. The van der Waals surface area contributed by atoms with Crippen molar-refractivity contribution in [1.29, 1.82) is 5.26 Å². The van der Waals surface area contributed by atoms with E-state index in [0.29, 0.717) is 24.4 Å². The van der Waals surface area contributed by atoms with Crippen molar-refractivity contribution in [1.82, 2.24) is 5.32 Å². The Balaban J connectivity index is 1.80. The van der Waals surface area contributed by atoms with Gasteiger partial charge in [-0.25, -0.2) is 0 Å². The maximum Gasteiger partial charge on any atom is 0.0638 e. The summed E-state index contributed by atoms with van der Waals surface area (Å²) < 4.78 is 0. The summed E-state index contributed by atoms with van der Waals surface area (Å²) in [6.07, 6.45) is 14.4. The second-order valence-electron chi connectivity index (χ2n) is 6.78. The zero-order valence-electron chi connectivity index (χ0n) is 11.0. The van der Waals surface area contributed by atoms with Gasteiger partial charge in [0.1, 0.15) is 0 Å². The number of hydrogen-bond acceptors (Lipinski definition) is 2. The first-order valence-electron chi connectivity index (χ1n) is 7.29. The van der Waals surface area contributed by atoms with Gasteiger partial charge in [-0.05, 0) is 61.7 Å². The Hall–Kier alpha value is -0.990. The van der Waals surface area contributed by atoms with Crippen LogP contribution in [0.15, 0.2) is 0 Å². The average Bonchev–Trinajstić information content (AvgIpc) is 2.32. The first-order chi connectivity index (χ1) is 8.75. The maximum absolute atomic E-state index is 9.10. The van der Waals surface area contributed by atoms with E-state index in [1.54, 1.807) is 0 Å². The second-order valence-corrected chi connectivity index (χ2v) is 6.78. The minimum atomic E-state index is 0.326. The molecule has 0 saturated heterocycles. The van der Waals surface area contributed by atoms with Gasteiger partial charge in [0.25, 0.3) is 0 Å². The van der Waals surface area contributed by atoms with E-state index in [1.807, 2.05) is 0 Å². The summed E-state index contributed by atoms with van der Waals surface area (Å²) in [5.74, 6) is 5.47. The number of terminal acetylenes is 1. The zero-order valence-corrected chi connectivity index (χ0v) is 11.0. The van der Waals surface area contributed by atoms with Crippen LogP contribution in [0.4, 0.5) is 0 Å². The number of hydrogen-bond donors (Lipinski definition) is 1. The number of nitrogens with zero attached hydrogens (tertiary/aromatic N) is 1. The molecular weight excluding hydrogens is 220 g/mol. The molecule has 4 aliphatic carbocycles. The minimum Gasteiger partial charge on any atom is -0.302 e. The molecule has 96 valence electrons. The number of rotatable bonds is 4. The Labute approximate surface area is 110 Å². The van der Waals surface area contributed by atoms with E-state index in [1.165, 1.54) is 38.5 Å². The molecule has 2 heteroatoms. The summed E-state index contributed by atoms with van der Waals surface area (Å²) in [7, 11) is 0. The molecule has 0 heterocycles. The van der Waals surface area contributed by atoms with Gasteiger partial charge in [0.2, 0.25) is 0 Å². The third-order valence-corrected chi connectivity index (χ3v) is 5.57. The van der Waals surface area contributed by atoms with Crippen LogP contribution in [0.2, 0.25) is 0 Å². The van der Waals surface area contributed by atoms with Crippen LogP contribution in [0.3, 0.4) is 0 Å². The van der Waals surface area contributed by atoms with E-state index in [4.69, 9.17) is 11.7 Å². The highest BCUT2D eigenvalue weighted by molar-refractivity contribution is 5.08. The Morgan fingerprint density at radius 2 is 1.72 bits per heavy atom. The number of nitrogens with one attached hydrogen (secondary N) is 1. The van der Waals surface area contributed by atoms with Crippen molar-refractivity contribution in [3.63, 3.8) is 0 Å². The van der Waals surface area contributed by atoms with E-state index >= 15 is 0 Å². The number of nitriles is 1. The molecule has 0 aromatic rings. The van der Waals surface area contributed by atoms with Crippen molar-refractivity contribution in [3.8, 4) is 18.4 Å². The fraction of sp³-hybridized carbons (Fsp3) is 0.812. The molecule has 4 fully saturated rings. The van der Waals surface area contributed by atoms with Gasteiger partial charge in [0, 0.05) is 6.04 Å². The molecule has 1 unspecified atom stereocenters. The van der Waals surface area contributed by atoms with Crippen LogP contribution < -0.4 is 5.32 Å². The van der Waals surface area contributed by atoms with Crippen molar-refractivity contribution in [3.05, 3.63) is 0 Å². The van der Waals surface area contributed by atoms with Crippen LogP contribution >= 0.6 is 0 Å². The van der Waals surface area contributed by atoms with Crippen LogP contribution in [0.1, 0.15) is 44.9 Å². The van der Waals surface area contributed by atoms with Crippen LogP contribution in [0.5, 0.6) is 0 Å². The molecule has 0 amide bonds. The molecule has 0 aromatic carbocycles. The fourth-order valence-corrected chi connectivity index (χ4v) is 5.38. The summed E-state index contributed by atoms with van der Waals surface area (Å²) in [6, 6.07) is 2.70. The molecule has 2 nitrogen and oxygen atoms in total. The highest BCUT2D eigenvalue weighted by Crippen LogP contribution is 2.61. The van der Waals surface area contributed by atoms with Gasteiger partial charge in [-0.2, -0.15) is 5.26 Å². The van der Waals surface area contributed by atoms with Crippen LogP contribution in [0.25, 0.3) is 0 Å². The molecule has 0 aromatic heterocycles. The molecule has 0 aliphatic heterocycles. The molecular formula is C16H22N2. The smallest absolute Gasteiger partial charge is 0.0638 e. The molecule has 1 atom stereocenters. The normalized spacial score (nSPS) is 42.2. The van der Waals surface area contributed by atoms with Crippen molar-refractivity contribution in [2.45, 2.75) is 51.0 Å². The van der Waals surface area contributed by atoms with E-state index in [0.717, 1.165) is 17.8 Å². The summed E-state index contributed by atoms with van der Waals surface area (Å²) in [6.45, 7) is 0.605. The van der Waals surface area contributed by atoms with Gasteiger partial charge < -0.3 is 5.32 Å². The lowest BCUT2D eigenvalue weighted by Crippen LogP contribution is -2.55. The van der Waals surface area contributed by atoms with Gasteiger partial charge in [-0.1, -0.05) is 5.92 Å². The summed E-state index contributed by atoms with van der Waals surface area (Å²) in [5, 5.41) is 12.6. The van der Waals surface area contributed by atoms with Gasteiger partial charge in [0.15, 0.2) is 0 Å². The third kappa shape index (κ3) is 1.94. The first kappa shape index (κ1) is 12.1. The lowest BCUT2D eigenvalue weighted by Gasteiger charge is -2.59. The lowest BCUT2D eigenvalue weighted by atomic mass is 9.47. The topological polar surface area (TPSA) is 35.8 Å². The Bertz CT molecular complexity index is 363. The molecule has 0 spiro atoms. The monoisotopic (exact) mass is 242 g/mol. The SMILES string of the molecule is C#CCNC(CC#N)C12CC3CC(CC(C3)C1)C2. The average molecular weight is 242 g/mol. The van der Waals surface area contributed by atoms with E-state index in [9.17, 15) is 0 Å². The summed E-state index contributed by atoms with van der Waals surface area (Å²) in [5.41, 5.74) is 0.390. The minimum absolute atomic E-state index is 0.326. The Kier molecular flexibility index (Phi) is 3.08. The highest BCUT2D eigenvalue weighted by atomic mass is 14.9. The molecule has 4 rings (SSSR count). The molecule has 4 saturated carbocycles. The predicted molar refractivity (Wildman–Crippen MR) is 71.5 cm³/mol. The van der Waals surface area contributed by atoms with Gasteiger partial charge in [0.05, 0.1) is 19.0 Å². The lowest BCUT2D eigenvalue weighted by molar-refractivity contribution is -0.0722. The maximum atomic E-state index is 9.10.